The predicted octanol–water partition coefficient (Wildman–Crippen LogP) is 3.52. The molecule has 0 bridgehead atoms. The van der Waals surface area contributed by atoms with Crippen LogP contribution in [0.1, 0.15) is 17.2 Å². The van der Waals surface area contributed by atoms with Gasteiger partial charge in [0.1, 0.15) is 6.10 Å². The fourth-order valence-electron chi connectivity index (χ4n) is 2.20. The van der Waals surface area contributed by atoms with Gasteiger partial charge in [-0.2, -0.15) is 0 Å². The average Bonchev–Trinajstić information content (AvgIpc) is 2.73. The molecule has 4 nitrogen and oxygen atoms in total. The lowest BCUT2D eigenvalue weighted by Crippen LogP contribution is -2.08. The summed E-state index contributed by atoms with van der Waals surface area (Å²) >= 11 is 12.0. The van der Waals surface area contributed by atoms with E-state index in [0.29, 0.717) is 32.3 Å². The zero-order valence-electron chi connectivity index (χ0n) is 11.0. The van der Waals surface area contributed by atoms with E-state index in [-0.39, 0.29) is 0 Å². The SMILES string of the molecule is Cn1c(=O)oc2cc(C(O)c3ccc(Cl)cc3)c(Cl)cc21. The van der Waals surface area contributed by atoms with E-state index in [0.717, 1.165) is 0 Å². The van der Waals surface area contributed by atoms with Crippen molar-refractivity contribution in [2.75, 3.05) is 0 Å². The van der Waals surface area contributed by atoms with E-state index in [2.05, 4.69) is 0 Å². The molecule has 3 aromatic rings. The Labute approximate surface area is 130 Å². The molecule has 21 heavy (non-hydrogen) atoms. The summed E-state index contributed by atoms with van der Waals surface area (Å²) in [6, 6.07) is 10.0. The predicted molar refractivity (Wildman–Crippen MR) is 82.0 cm³/mol. The fraction of sp³-hybridized carbons (Fsp3) is 0.133. The van der Waals surface area contributed by atoms with Crippen molar-refractivity contribution in [1.29, 1.82) is 0 Å². The summed E-state index contributed by atoms with van der Waals surface area (Å²) in [5, 5.41) is 11.4. The molecule has 6 heteroatoms. The van der Waals surface area contributed by atoms with Crippen molar-refractivity contribution in [3.8, 4) is 0 Å². The lowest BCUT2D eigenvalue weighted by atomic mass is 10.0. The second-order valence-corrected chi connectivity index (χ2v) is 5.57. The van der Waals surface area contributed by atoms with Crippen LogP contribution in [0.4, 0.5) is 0 Å². The molecular weight excluding hydrogens is 313 g/mol. The van der Waals surface area contributed by atoms with Gasteiger partial charge in [-0.05, 0) is 29.8 Å². The van der Waals surface area contributed by atoms with Gasteiger partial charge in [-0.25, -0.2) is 4.79 Å². The van der Waals surface area contributed by atoms with Crippen molar-refractivity contribution in [2.45, 2.75) is 6.10 Å². The van der Waals surface area contributed by atoms with Gasteiger partial charge in [-0.3, -0.25) is 4.57 Å². The lowest BCUT2D eigenvalue weighted by Gasteiger charge is -2.13. The number of benzene rings is 2. The average molecular weight is 324 g/mol. The Hall–Kier alpha value is -1.75. The number of nitrogens with zero attached hydrogens (tertiary/aromatic N) is 1. The van der Waals surface area contributed by atoms with Crippen LogP contribution in [0.15, 0.2) is 45.6 Å². The molecule has 1 aromatic heterocycles. The minimum Gasteiger partial charge on any atom is -0.408 e. The normalized spacial score (nSPS) is 12.8. The van der Waals surface area contributed by atoms with Gasteiger partial charge >= 0.3 is 5.76 Å². The molecule has 0 saturated carbocycles. The molecule has 0 spiro atoms. The number of oxazole rings is 1. The third-order valence-electron chi connectivity index (χ3n) is 3.39. The topological polar surface area (TPSA) is 55.4 Å². The number of hydrogen-bond acceptors (Lipinski definition) is 3. The number of fused-ring (bicyclic) bond motifs is 1. The monoisotopic (exact) mass is 323 g/mol. The first kappa shape index (κ1) is 14.2. The molecule has 108 valence electrons. The molecule has 0 aliphatic rings. The molecule has 0 saturated heterocycles. The van der Waals surface area contributed by atoms with Gasteiger partial charge < -0.3 is 9.52 Å². The number of aliphatic hydroxyl groups excluding tert-OH is 1. The zero-order valence-corrected chi connectivity index (χ0v) is 12.5. The first-order valence-electron chi connectivity index (χ1n) is 6.20. The molecule has 3 rings (SSSR count). The van der Waals surface area contributed by atoms with Crippen LogP contribution < -0.4 is 5.76 Å². The van der Waals surface area contributed by atoms with E-state index >= 15 is 0 Å². The van der Waals surface area contributed by atoms with Crippen molar-refractivity contribution in [2.24, 2.45) is 7.05 Å². The highest BCUT2D eigenvalue weighted by molar-refractivity contribution is 6.32. The summed E-state index contributed by atoms with van der Waals surface area (Å²) in [6.07, 6.45) is -0.926. The molecule has 1 heterocycles. The van der Waals surface area contributed by atoms with Crippen molar-refractivity contribution >= 4 is 34.3 Å². The summed E-state index contributed by atoms with van der Waals surface area (Å²) < 4.78 is 6.48. The molecule has 0 fully saturated rings. The second kappa shape index (κ2) is 5.22. The van der Waals surface area contributed by atoms with Gasteiger partial charge in [0, 0.05) is 22.7 Å². The molecule has 0 aliphatic heterocycles. The highest BCUT2D eigenvalue weighted by Crippen LogP contribution is 2.32. The Bertz CT molecular complexity index is 865. The Morgan fingerprint density at radius 3 is 2.52 bits per heavy atom. The smallest absolute Gasteiger partial charge is 0.408 e. The van der Waals surface area contributed by atoms with E-state index in [1.807, 2.05) is 0 Å². The van der Waals surface area contributed by atoms with Crippen LogP contribution in [0.3, 0.4) is 0 Å². The molecule has 0 aliphatic carbocycles. The van der Waals surface area contributed by atoms with Crippen LogP contribution in [-0.4, -0.2) is 9.67 Å². The lowest BCUT2D eigenvalue weighted by molar-refractivity contribution is 0.220. The number of aromatic nitrogens is 1. The number of hydrogen-bond donors (Lipinski definition) is 1. The Balaban J connectivity index is 2.13. The van der Waals surface area contributed by atoms with Crippen LogP contribution in [0.5, 0.6) is 0 Å². The maximum absolute atomic E-state index is 11.5. The fourth-order valence-corrected chi connectivity index (χ4v) is 2.58. The Morgan fingerprint density at radius 1 is 1.19 bits per heavy atom. The maximum Gasteiger partial charge on any atom is 0.419 e. The van der Waals surface area contributed by atoms with Crippen molar-refractivity contribution in [3.05, 3.63) is 68.1 Å². The van der Waals surface area contributed by atoms with Crippen LogP contribution in [0.25, 0.3) is 11.1 Å². The number of aryl methyl sites for hydroxylation is 1. The first-order valence-corrected chi connectivity index (χ1v) is 6.95. The zero-order chi connectivity index (χ0) is 15.1. The highest BCUT2D eigenvalue weighted by Gasteiger charge is 2.17. The molecule has 1 unspecified atom stereocenters. The summed E-state index contributed by atoms with van der Waals surface area (Å²) in [7, 11) is 1.60. The van der Waals surface area contributed by atoms with Gasteiger partial charge in [-0.15, -0.1) is 0 Å². The van der Waals surface area contributed by atoms with Crippen molar-refractivity contribution in [1.82, 2.24) is 4.57 Å². The molecular formula is C15H11Cl2NO3. The van der Waals surface area contributed by atoms with Gasteiger partial charge in [-0.1, -0.05) is 35.3 Å². The molecule has 2 aromatic carbocycles. The molecule has 1 N–H and O–H groups in total. The summed E-state index contributed by atoms with van der Waals surface area (Å²) in [5.74, 6) is -0.473. The van der Waals surface area contributed by atoms with Gasteiger partial charge in [0.05, 0.1) is 5.52 Å². The van der Waals surface area contributed by atoms with E-state index in [1.54, 1.807) is 43.4 Å². The number of rotatable bonds is 2. The van der Waals surface area contributed by atoms with Gasteiger partial charge in [0.2, 0.25) is 0 Å². The highest BCUT2D eigenvalue weighted by atomic mass is 35.5. The van der Waals surface area contributed by atoms with Crippen LogP contribution in [0.2, 0.25) is 10.0 Å². The largest absolute Gasteiger partial charge is 0.419 e. The molecule has 0 radical (unpaired) electrons. The minimum atomic E-state index is -0.926. The van der Waals surface area contributed by atoms with Crippen molar-refractivity contribution in [3.63, 3.8) is 0 Å². The summed E-state index contributed by atoms with van der Waals surface area (Å²) in [6.45, 7) is 0. The van der Waals surface area contributed by atoms with Crippen LogP contribution in [0, 0.1) is 0 Å². The third kappa shape index (κ3) is 2.46. The van der Waals surface area contributed by atoms with Crippen LogP contribution in [-0.2, 0) is 7.05 Å². The Morgan fingerprint density at radius 2 is 1.86 bits per heavy atom. The summed E-state index contributed by atoms with van der Waals surface area (Å²) in [5.41, 5.74) is 2.09. The van der Waals surface area contributed by atoms with E-state index in [9.17, 15) is 9.90 Å². The van der Waals surface area contributed by atoms with Gasteiger partial charge in [0.25, 0.3) is 0 Å². The minimum absolute atomic E-state index is 0.362. The van der Waals surface area contributed by atoms with Crippen molar-refractivity contribution < 1.29 is 9.52 Å². The van der Waals surface area contributed by atoms with Crippen LogP contribution >= 0.6 is 23.2 Å². The maximum atomic E-state index is 11.5. The third-order valence-corrected chi connectivity index (χ3v) is 3.97. The Kier molecular flexibility index (Phi) is 3.53. The standard InChI is InChI=1S/C15H11Cl2NO3/c1-18-12-7-11(17)10(6-13(12)21-15(18)20)14(19)8-2-4-9(16)5-3-8/h2-7,14,19H,1H3. The first-order chi connectivity index (χ1) is 9.97. The van der Waals surface area contributed by atoms with E-state index in [4.69, 9.17) is 27.6 Å². The van der Waals surface area contributed by atoms with Gasteiger partial charge in [0.15, 0.2) is 5.58 Å². The number of aliphatic hydroxyl groups is 1. The van der Waals surface area contributed by atoms with E-state index in [1.165, 1.54) is 4.57 Å². The molecule has 0 amide bonds. The quantitative estimate of drug-likeness (QED) is 0.785. The molecule has 1 atom stereocenters. The summed E-state index contributed by atoms with van der Waals surface area (Å²) in [4.78, 5) is 11.5. The number of halogens is 2. The van der Waals surface area contributed by atoms with E-state index < -0.39 is 11.9 Å². The second-order valence-electron chi connectivity index (χ2n) is 4.72.